The maximum Gasteiger partial charge on any atom is 0.316 e. The number of anilines is 1. The van der Waals surface area contributed by atoms with E-state index in [9.17, 15) is 4.79 Å². The van der Waals surface area contributed by atoms with Crippen LogP contribution in [-0.2, 0) is 15.3 Å². The number of rotatable bonds is 4. The van der Waals surface area contributed by atoms with Crippen LogP contribution in [0.3, 0.4) is 0 Å². The predicted octanol–water partition coefficient (Wildman–Crippen LogP) is 2.89. The van der Waals surface area contributed by atoms with Gasteiger partial charge in [-0.1, -0.05) is 11.6 Å². The molecule has 0 radical (unpaired) electrons. The third-order valence-corrected chi connectivity index (χ3v) is 3.08. The Bertz CT molecular complexity index is 433. The molecule has 0 amide bonds. The number of pyridine rings is 1. The van der Waals surface area contributed by atoms with Crippen molar-refractivity contribution in [3.8, 4) is 0 Å². The van der Waals surface area contributed by atoms with Crippen molar-refractivity contribution in [2.75, 3.05) is 11.5 Å². The Morgan fingerprint density at radius 1 is 1.50 bits per heavy atom. The standard InChI is InChI=1S/C12H17ClN2O2S/c1-12(2,3)17-11(16)7-18-6-9-8(13)4-5-10(14)15-9/h4-5H,6-7H2,1-3H3,(H2,14,15). The van der Waals surface area contributed by atoms with Crippen LogP contribution in [0.4, 0.5) is 5.82 Å². The fourth-order valence-electron chi connectivity index (χ4n) is 1.20. The first-order valence-electron chi connectivity index (χ1n) is 5.48. The molecule has 1 rings (SSSR count). The van der Waals surface area contributed by atoms with E-state index in [-0.39, 0.29) is 11.7 Å². The van der Waals surface area contributed by atoms with Crippen molar-refractivity contribution in [3.63, 3.8) is 0 Å². The molecule has 1 aromatic rings. The van der Waals surface area contributed by atoms with E-state index in [2.05, 4.69) is 4.98 Å². The fourth-order valence-corrected chi connectivity index (χ4v) is 2.20. The zero-order chi connectivity index (χ0) is 13.8. The molecule has 0 atom stereocenters. The number of aromatic nitrogens is 1. The maximum atomic E-state index is 11.5. The first kappa shape index (κ1) is 15.1. The average Bonchev–Trinajstić information content (AvgIpc) is 2.20. The minimum atomic E-state index is -0.454. The summed E-state index contributed by atoms with van der Waals surface area (Å²) < 4.78 is 5.19. The topological polar surface area (TPSA) is 65.2 Å². The number of carbonyl (C=O) groups excluding carboxylic acids is 1. The molecular weight excluding hydrogens is 272 g/mol. The molecule has 0 aromatic carbocycles. The van der Waals surface area contributed by atoms with Gasteiger partial charge in [-0.05, 0) is 32.9 Å². The zero-order valence-corrected chi connectivity index (χ0v) is 12.3. The van der Waals surface area contributed by atoms with E-state index in [1.165, 1.54) is 11.8 Å². The van der Waals surface area contributed by atoms with E-state index in [1.807, 2.05) is 20.8 Å². The quantitative estimate of drug-likeness (QED) is 0.863. The Kier molecular flexibility index (Phi) is 5.28. The number of thioether (sulfide) groups is 1. The molecule has 0 aliphatic heterocycles. The van der Waals surface area contributed by atoms with Gasteiger partial charge in [-0.2, -0.15) is 0 Å². The molecule has 0 fully saturated rings. The number of nitrogens with zero attached hydrogens (tertiary/aromatic N) is 1. The van der Waals surface area contributed by atoms with Crippen LogP contribution in [0.1, 0.15) is 26.5 Å². The van der Waals surface area contributed by atoms with Crippen LogP contribution in [0, 0.1) is 0 Å². The first-order valence-corrected chi connectivity index (χ1v) is 7.02. The van der Waals surface area contributed by atoms with Crippen LogP contribution in [0.2, 0.25) is 5.02 Å². The van der Waals surface area contributed by atoms with Crippen LogP contribution in [0.5, 0.6) is 0 Å². The second-order valence-corrected chi connectivity index (χ2v) is 6.14. The Morgan fingerprint density at radius 3 is 2.78 bits per heavy atom. The van der Waals surface area contributed by atoms with Crippen LogP contribution >= 0.6 is 23.4 Å². The minimum Gasteiger partial charge on any atom is -0.459 e. The van der Waals surface area contributed by atoms with E-state index in [0.29, 0.717) is 22.3 Å². The highest BCUT2D eigenvalue weighted by molar-refractivity contribution is 7.99. The summed E-state index contributed by atoms with van der Waals surface area (Å²) in [7, 11) is 0. The number of ether oxygens (including phenoxy) is 1. The lowest BCUT2D eigenvalue weighted by Crippen LogP contribution is -2.24. The van der Waals surface area contributed by atoms with Gasteiger partial charge in [-0.3, -0.25) is 4.79 Å². The van der Waals surface area contributed by atoms with Crippen molar-refractivity contribution >= 4 is 35.1 Å². The number of esters is 1. The lowest BCUT2D eigenvalue weighted by molar-refractivity contribution is -0.151. The van der Waals surface area contributed by atoms with Gasteiger partial charge in [-0.25, -0.2) is 4.98 Å². The van der Waals surface area contributed by atoms with Crippen molar-refractivity contribution in [1.29, 1.82) is 0 Å². The lowest BCUT2D eigenvalue weighted by Gasteiger charge is -2.19. The molecule has 4 nitrogen and oxygen atoms in total. The van der Waals surface area contributed by atoms with Gasteiger partial charge in [-0.15, -0.1) is 11.8 Å². The largest absolute Gasteiger partial charge is 0.459 e. The van der Waals surface area contributed by atoms with Crippen LogP contribution in [0.15, 0.2) is 12.1 Å². The van der Waals surface area contributed by atoms with Gasteiger partial charge in [0.2, 0.25) is 0 Å². The van der Waals surface area contributed by atoms with Crippen molar-refractivity contribution < 1.29 is 9.53 Å². The second-order valence-electron chi connectivity index (χ2n) is 4.74. The SMILES string of the molecule is CC(C)(C)OC(=O)CSCc1nc(N)ccc1Cl. The molecule has 0 spiro atoms. The van der Waals surface area contributed by atoms with E-state index < -0.39 is 5.60 Å². The monoisotopic (exact) mass is 288 g/mol. The molecule has 2 N–H and O–H groups in total. The Hall–Kier alpha value is -0.940. The van der Waals surface area contributed by atoms with Gasteiger partial charge in [0.15, 0.2) is 0 Å². The maximum absolute atomic E-state index is 11.5. The van der Waals surface area contributed by atoms with Crippen molar-refractivity contribution in [1.82, 2.24) is 4.98 Å². The van der Waals surface area contributed by atoms with Gasteiger partial charge in [0, 0.05) is 5.75 Å². The summed E-state index contributed by atoms with van der Waals surface area (Å²) in [6.07, 6.45) is 0. The summed E-state index contributed by atoms with van der Waals surface area (Å²) in [6.45, 7) is 5.52. The fraction of sp³-hybridized carbons (Fsp3) is 0.500. The molecule has 0 aliphatic carbocycles. The molecule has 1 heterocycles. The number of carbonyl (C=O) groups is 1. The number of halogens is 1. The van der Waals surface area contributed by atoms with Gasteiger partial charge < -0.3 is 10.5 Å². The number of hydrogen-bond donors (Lipinski definition) is 1. The Labute approximate surface area is 116 Å². The van der Waals surface area contributed by atoms with E-state index >= 15 is 0 Å². The minimum absolute atomic E-state index is 0.243. The summed E-state index contributed by atoms with van der Waals surface area (Å²) in [6, 6.07) is 3.34. The molecule has 0 bridgehead atoms. The average molecular weight is 289 g/mol. The summed E-state index contributed by atoms with van der Waals surface area (Å²) in [5, 5.41) is 0.556. The molecule has 1 aromatic heterocycles. The van der Waals surface area contributed by atoms with Crippen LogP contribution < -0.4 is 5.73 Å². The molecular formula is C12H17ClN2O2S. The van der Waals surface area contributed by atoms with Gasteiger partial charge in [0.1, 0.15) is 11.4 Å². The number of nitrogens with two attached hydrogens (primary N) is 1. The third kappa shape index (κ3) is 5.60. The van der Waals surface area contributed by atoms with E-state index in [1.54, 1.807) is 12.1 Å². The summed E-state index contributed by atoms with van der Waals surface area (Å²) >= 11 is 7.37. The summed E-state index contributed by atoms with van der Waals surface area (Å²) in [5.74, 6) is 0.979. The predicted molar refractivity (Wildman–Crippen MR) is 75.7 cm³/mol. The highest BCUT2D eigenvalue weighted by atomic mass is 35.5. The lowest BCUT2D eigenvalue weighted by atomic mass is 10.2. The normalized spacial score (nSPS) is 11.3. The van der Waals surface area contributed by atoms with Gasteiger partial charge >= 0.3 is 5.97 Å². The smallest absolute Gasteiger partial charge is 0.316 e. The first-order chi connectivity index (χ1) is 8.28. The summed E-state index contributed by atoms with van der Waals surface area (Å²) in [5.41, 5.74) is 5.80. The second kappa shape index (κ2) is 6.29. The molecule has 0 aliphatic rings. The van der Waals surface area contributed by atoms with Crippen molar-refractivity contribution in [3.05, 3.63) is 22.8 Å². The van der Waals surface area contributed by atoms with E-state index in [0.717, 1.165) is 0 Å². The molecule has 100 valence electrons. The highest BCUT2D eigenvalue weighted by Gasteiger charge is 2.16. The molecule has 18 heavy (non-hydrogen) atoms. The third-order valence-electron chi connectivity index (χ3n) is 1.82. The van der Waals surface area contributed by atoms with Crippen LogP contribution in [0.25, 0.3) is 0 Å². The van der Waals surface area contributed by atoms with E-state index in [4.69, 9.17) is 22.1 Å². The van der Waals surface area contributed by atoms with Crippen molar-refractivity contribution in [2.45, 2.75) is 32.1 Å². The van der Waals surface area contributed by atoms with Crippen molar-refractivity contribution in [2.24, 2.45) is 0 Å². The molecule has 0 saturated heterocycles. The van der Waals surface area contributed by atoms with Gasteiger partial charge in [0.25, 0.3) is 0 Å². The highest BCUT2D eigenvalue weighted by Crippen LogP contribution is 2.21. The number of hydrogen-bond acceptors (Lipinski definition) is 5. The summed E-state index contributed by atoms with van der Waals surface area (Å²) in [4.78, 5) is 15.6. The zero-order valence-electron chi connectivity index (χ0n) is 10.7. The molecule has 0 unspecified atom stereocenters. The Morgan fingerprint density at radius 2 is 2.17 bits per heavy atom. The molecule has 0 saturated carbocycles. The van der Waals surface area contributed by atoms with Crippen LogP contribution in [-0.4, -0.2) is 22.3 Å². The molecule has 6 heteroatoms. The van der Waals surface area contributed by atoms with Gasteiger partial charge in [0.05, 0.1) is 16.5 Å². The number of nitrogen functional groups attached to an aromatic ring is 1. The Balaban J connectivity index is 2.42.